The van der Waals surface area contributed by atoms with Crippen LogP contribution in [-0.4, -0.2) is 23.0 Å². The van der Waals surface area contributed by atoms with E-state index >= 15 is 0 Å². The number of amides is 1. The van der Waals surface area contributed by atoms with E-state index in [4.69, 9.17) is 5.11 Å². The van der Waals surface area contributed by atoms with Crippen molar-refractivity contribution in [2.24, 2.45) is 17.3 Å². The topological polar surface area (TPSA) is 66.4 Å². The van der Waals surface area contributed by atoms with Gasteiger partial charge in [-0.25, -0.2) is 0 Å². The van der Waals surface area contributed by atoms with Crippen molar-refractivity contribution < 1.29 is 14.7 Å². The SMILES string of the molecule is CC1(C)CCCC1NC(=O)C1CCC1C(=O)O. The predicted octanol–water partition coefficient (Wildman–Crippen LogP) is 1.79. The van der Waals surface area contributed by atoms with Crippen LogP contribution in [0.4, 0.5) is 0 Å². The number of carboxylic acids is 1. The fourth-order valence-electron chi connectivity index (χ4n) is 2.98. The highest BCUT2D eigenvalue weighted by molar-refractivity contribution is 5.86. The van der Waals surface area contributed by atoms with Gasteiger partial charge in [0.05, 0.1) is 11.8 Å². The molecule has 0 bridgehead atoms. The molecule has 0 aromatic heterocycles. The molecule has 17 heavy (non-hydrogen) atoms. The summed E-state index contributed by atoms with van der Waals surface area (Å²) in [7, 11) is 0. The molecular weight excluding hydrogens is 218 g/mol. The fourth-order valence-corrected chi connectivity index (χ4v) is 2.98. The second-order valence-corrected chi connectivity index (χ2v) is 6.07. The number of hydrogen-bond donors (Lipinski definition) is 2. The molecule has 2 fully saturated rings. The van der Waals surface area contributed by atoms with Crippen molar-refractivity contribution in [1.82, 2.24) is 5.32 Å². The van der Waals surface area contributed by atoms with Crippen LogP contribution in [0.15, 0.2) is 0 Å². The Morgan fingerprint density at radius 3 is 2.24 bits per heavy atom. The van der Waals surface area contributed by atoms with Crippen LogP contribution in [0.2, 0.25) is 0 Å². The lowest BCUT2D eigenvalue weighted by atomic mass is 9.73. The minimum absolute atomic E-state index is 0.0522. The Hall–Kier alpha value is -1.06. The van der Waals surface area contributed by atoms with Gasteiger partial charge in [0.1, 0.15) is 0 Å². The average Bonchev–Trinajstić information content (AvgIpc) is 2.42. The molecule has 0 aromatic rings. The van der Waals surface area contributed by atoms with E-state index in [0.717, 1.165) is 25.7 Å². The molecular formula is C13H21NO3. The maximum atomic E-state index is 12.0. The third kappa shape index (κ3) is 2.31. The molecule has 2 N–H and O–H groups in total. The first-order valence-electron chi connectivity index (χ1n) is 6.45. The van der Waals surface area contributed by atoms with Gasteiger partial charge in [-0.1, -0.05) is 20.3 Å². The third-order valence-electron chi connectivity index (χ3n) is 4.50. The minimum atomic E-state index is -0.831. The van der Waals surface area contributed by atoms with E-state index < -0.39 is 11.9 Å². The fraction of sp³-hybridized carbons (Fsp3) is 0.846. The van der Waals surface area contributed by atoms with Crippen LogP contribution >= 0.6 is 0 Å². The zero-order valence-corrected chi connectivity index (χ0v) is 10.5. The molecule has 2 aliphatic carbocycles. The number of carbonyl (C=O) groups is 2. The Morgan fingerprint density at radius 1 is 1.18 bits per heavy atom. The van der Waals surface area contributed by atoms with Crippen LogP contribution in [0.3, 0.4) is 0 Å². The highest BCUT2D eigenvalue weighted by atomic mass is 16.4. The zero-order chi connectivity index (χ0) is 12.6. The average molecular weight is 239 g/mol. The first kappa shape index (κ1) is 12.4. The molecule has 0 spiro atoms. The van der Waals surface area contributed by atoms with Gasteiger partial charge in [0.15, 0.2) is 0 Å². The number of aliphatic carboxylic acids is 1. The summed E-state index contributed by atoms with van der Waals surface area (Å²) >= 11 is 0. The second-order valence-electron chi connectivity index (χ2n) is 6.07. The number of carboxylic acid groups (broad SMARTS) is 1. The molecule has 2 aliphatic rings. The van der Waals surface area contributed by atoms with Gasteiger partial charge in [-0.2, -0.15) is 0 Å². The first-order chi connectivity index (χ1) is 7.92. The molecule has 4 heteroatoms. The van der Waals surface area contributed by atoms with Crippen molar-refractivity contribution in [3.8, 4) is 0 Å². The summed E-state index contributed by atoms with van der Waals surface area (Å²) in [5.41, 5.74) is 0.151. The van der Waals surface area contributed by atoms with E-state index in [1.54, 1.807) is 0 Å². The summed E-state index contributed by atoms with van der Waals surface area (Å²) in [4.78, 5) is 22.9. The Morgan fingerprint density at radius 2 is 1.82 bits per heavy atom. The lowest BCUT2D eigenvalue weighted by Crippen LogP contribution is -2.49. The summed E-state index contributed by atoms with van der Waals surface area (Å²) in [6.45, 7) is 4.33. The Balaban J connectivity index is 1.91. The number of hydrogen-bond acceptors (Lipinski definition) is 2. The summed E-state index contributed by atoms with van der Waals surface area (Å²) in [6.07, 6.45) is 4.65. The predicted molar refractivity (Wildman–Crippen MR) is 63.4 cm³/mol. The van der Waals surface area contributed by atoms with Crippen LogP contribution < -0.4 is 5.32 Å². The molecule has 0 aromatic carbocycles. The summed E-state index contributed by atoms with van der Waals surface area (Å²) < 4.78 is 0. The molecule has 3 atom stereocenters. The van der Waals surface area contributed by atoms with Crippen LogP contribution in [0.5, 0.6) is 0 Å². The normalized spacial score (nSPS) is 35.1. The van der Waals surface area contributed by atoms with Gasteiger partial charge in [0, 0.05) is 6.04 Å². The van der Waals surface area contributed by atoms with Crippen molar-refractivity contribution >= 4 is 11.9 Å². The molecule has 0 saturated heterocycles. The van der Waals surface area contributed by atoms with Gasteiger partial charge < -0.3 is 10.4 Å². The molecule has 3 unspecified atom stereocenters. The molecule has 2 rings (SSSR count). The summed E-state index contributed by atoms with van der Waals surface area (Å²) in [6, 6.07) is 0.213. The molecule has 2 saturated carbocycles. The van der Waals surface area contributed by atoms with Crippen molar-refractivity contribution in [2.45, 2.75) is 52.0 Å². The van der Waals surface area contributed by atoms with Crippen LogP contribution in [0, 0.1) is 17.3 Å². The number of nitrogens with one attached hydrogen (secondary N) is 1. The van der Waals surface area contributed by atoms with Crippen molar-refractivity contribution in [3.63, 3.8) is 0 Å². The van der Waals surface area contributed by atoms with Crippen LogP contribution in [0.25, 0.3) is 0 Å². The lowest BCUT2D eigenvalue weighted by Gasteiger charge is -2.35. The first-order valence-corrected chi connectivity index (χ1v) is 6.45. The highest BCUT2D eigenvalue weighted by Gasteiger charge is 2.43. The lowest BCUT2D eigenvalue weighted by molar-refractivity contribution is -0.153. The standard InChI is InChI=1S/C13H21NO3/c1-13(2)7-3-4-10(13)14-11(15)8-5-6-9(8)12(16)17/h8-10H,3-7H2,1-2H3,(H,14,15)(H,16,17). The van der Waals surface area contributed by atoms with Crippen molar-refractivity contribution in [3.05, 3.63) is 0 Å². The molecule has 0 heterocycles. The number of rotatable bonds is 3. The van der Waals surface area contributed by atoms with E-state index in [9.17, 15) is 9.59 Å². The monoisotopic (exact) mass is 239 g/mol. The van der Waals surface area contributed by atoms with Crippen LogP contribution in [-0.2, 0) is 9.59 Å². The Kier molecular flexibility index (Phi) is 3.15. The van der Waals surface area contributed by atoms with Crippen LogP contribution in [0.1, 0.15) is 46.0 Å². The smallest absolute Gasteiger partial charge is 0.307 e. The molecule has 0 radical (unpaired) electrons. The van der Waals surface area contributed by atoms with E-state index in [2.05, 4.69) is 19.2 Å². The largest absolute Gasteiger partial charge is 0.481 e. The summed E-state index contributed by atoms with van der Waals surface area (Å²) in [5, 5.41) is 12.0. The van der Waals surface area contributed by atoms with Gasteiger partial charge in [0.25, 0.3) is 0 Å². The Bertz CT molecular complexity index is 338. The second kappa shape index (κ2) is 4.31. The van der Waals surface area contributed by atoms with Gasteiger partial charge in [-0.15, -0.1) is 0 Å². The van der Waals surface area contributed by atoms with Gasteiger partial charge in [-0.3, -0.25) is 9.59 Å². The van der Waals surface area contributed by atoms with E-state index in [-0.39, 0.29) is 23.3 Å². The maximum absolute atomic E-state index is 12.0. The highest BCUT2D eigenvalue weighted by Crippen LogP contribution is 2.39. The molecule has 1 amide bonds. The minimum Gasteiger partial charge on any atom is -0.481 e. The van der Waals surface area contributed by atoms with E-state index in [0.29, 0.717) is 6.42 Å². The van der Waals surface area contributed by atoms with Gasteiger partial charge in [-0.05, 0) is 31.1 Å². The zero-order valence-electron chi connectivity index (χ0n) is 10.5. The third-order valence-corrected chi connectivity index (χ3v) is 4.50. The van der Waals surface area contributed by atoms with Gasteiger partial charge in [0.2, 0.25) is 5.91 Å². The molecule has 96 valence electrons. The maximum Gasteiger partial charge on any atom is 0.307 e. The van der Waals surface area contributed by atoms with E-state index in [1.165, 1.54) is 0 Å². The van der Waals surface area contributed by atoms with Crippen molar-refractivity contribution in [1.29, 1.82) is 0 Å². The quantitative estimate of drug-likeness (QED) is 0.789. The van der Waals surface area contributed by atoms with Crippen molar-refractivity contribution in [2.75, 3.05) is 0 Å². The summed E-state index contributed by atoms with van der Waals surface area (Å²) in [5.74, 6) is -1.64. The van der Waals surface area contributed by atoms with Gasteiger partial charge >= 0.3 is 5.97 Å². The Labute approximate surface area is 102 Å². The van der Waals surface area contributed by atoms with E-state index in [1.807, 2.05) is 0 Å². The number of carbonyl (C=O) groups excluding carboxylic acids is 1. The molecule has 0 aliphatic heterocycles. The molecule has 4 nitrogen and oxygen atoms in total.